The predicted molar refractivity (Wildman–Crippen MR) is 133 cm³/mol. The maximum Gasteiger partial charge on any atom is 0.243 e. The quantitative estimate of drug-likeness (QED) is 0.617. The van der Waals surface area contributed by atoms with E-state index in [1.54, 1.807) is 12.1 Å². The topological polar surface area (TPSA) is 95.7 Å². The fourth-order valence-electron chi connectivity index (χ4n) is 3.86. The van der Waals surface area contributed by atoms with Crippen LogP contribution in [0.2, 0.25) is 0 Å². The highest BCUT2D eigenvalue weighted by Crippen LogP contribution is 2.30. The third kappa shape index (κ3) is 4.65. The second kappa shape index (κ2) is 8.99. The molecule has 1 aliphatic rings. The van der Waals surface area contributed by atoms with Gasteiger partial charge in [-0.15, -0.1) is 0 Å². The average molecular weight is 467 g/mol. The van der Waals surface area contributed by atoms with Gasteiger partial charge >= 0.3 is 0 Å². The first kappa shape index (κ1) is 23.0. The van der Waals surface area contributed by atoms with Crippen molar-refractivity contribution < 1.29 is 8.42 Å². The molecule has 0 unspecified atom stereocenters. The number of nitrogens with two attached hydrogens (primary N) is 1. The van der Waals surface area contributed by atoms with Gasteiger partial charge in [0.1, 0.15) is 11.6 Å². The second-order valence-corrected chi connectivity index (χ2v) is 10.4. The van der Waals surface area contributed by atoms with Crippen molar-refractivity contribution in [2.75, 3.05) is 48.8 Å². The van der Waals surface area contributed by atoms with Crippen LogP contribution in [0.5, 0.6) is 0 Å². The molecule has 0 spiro atoms. The lowest BCUT2D eigenvalue weighted by Gasteiger charge is -2.34. The lowest BCUT2D eigenvalue weighted by Crippen LogP contribution is -2.49. The molecule has 1 aromatic heterocycles. The van der Waals surface area contributed by atoms with Crippen LogP contribution < -0.4 is 15.5 Å². The second-order valence-electron chi connectivity index (χ2n) is 8.46. The largest absolute Gasteiger partial charge is 0.383 e. The van der Waals surface area contributed by atoms with Crippen molar-refractivity contribution in [1.82, 2.24) is 14.3 Å². The SMILES string of the molecule is Cc1ccc(N(C)c2nc(N3CCN(S(=O)(=O)c4ccc(C)cc4)CC3)nc(N)c2C)cc1. The van der Waals surface area contributed by atoms with Gasteiger partial charge in [0.25, 0.3) is 0 Å². The molecule has 0 amide bonds. The standard InChI is InChI=1S/C24H30N6O2S/c1-17-5-9-20(10-6-17)28(4)23-19(3)22(25)26-24(27-23)29-13-15-30(16-14-29)33(31,32)21-11-7-18(2)8-12-21/h5-12H,13-16H2,1-4H3,(H2,25,26,27). The number of nitrogen functional groups attached to an aromatic ring is 1. The van der Waals surface area contributed by atoms with Gasteiger partial charge in [0.15, 0.2) is 0 Å². The molecule has 4 rings (SSSR count). The average Bonchev–Trinajstić information content (AvgIpc) is 2.81. The van der Waals surface area contributed by atoms with Crippen LogP contribution in [-0.4, -0.2) is 55.9 Å². The zero-order valence-corrected chi connectivity index (χ0v) is 20.3. The Morgan fingerprint density at radius 2 is 1.39 bits per heavy atom. The molecule has 0 saturated carbocycles. The van der Waals surface area contributed by atoms with Crippen LogP contribution in [0.25, 0.3) is 0 Å². The van der Waals surface area contributed by atoms with Crippen LogP contribution in [0.4, 0.5) is 23.3 Å². The minimum Gasteiger partial charge on any atom is -0.383 e. The number of hydrogen-bond acceptors (Lipinski definition) is 7. The number of aromatic nitrogens is 2. The number of aryl methyl sites for hydroxylation is 2. The summed E-state index contributed by atoms with van der Waals surface area (Å²) in [7, 11) is -1.57. The van der Waals surface area contributed by atoms with Crippen molar-refractivity contribution in [3.05, 3.63) is 65.2 Å². The Balaban J connectivity index is 1.54. The van der Waals surface area contributed by atoms with E-state index in [4.69, 9.17) is 10.7 Å². The van der Waals surface area contributed by atoms with E-state index in [0.717, 1.165) is 22.6 Å². The summed E-state index contributed by atoms with van der Waals surface area (Å²) in [6, 6.07) is 15.2. The number of benzene rings is 2. The fourth-order valence-corrected chi connectivity index (χ4v) is 5.28. The molecule has 2 heterocycles. The Morgan fingerprint density at radius 3 is 1.97 bits per heavy atom. The molecule has 1 fully saturated rings. The number of nitrogens with zero attached hydrogens (tertiary/aromatic N) is 5. The Kier molecular flexibility index (Phi) is 6.27. The summed E-state index contributed by atoms with van der Waals surface area (Å²) in [5.41, 5.74) is 10.3. The number of piperazine rings is 1. The van der Waals surface area contributed by atoms with Crippen molar-refractivity contribution in [1.29, 1.82) is 0 Å². The molecule has 2 N–H and O–H groups in total. The first-order valence-corrected chi connectivity index (χ1v) is 12.4. The molecule has 3 aromatic rings. The number of anilines is 4. The molecule has 9 heteroatoms. The Morgan fingerprint density at radius 1 is 0.848 bits per heavy atom. The summed E-state index contributed by atoms with van der Waals surface area (Å²) < 4.78 is 27.5. The number of rotatable bonds is 5. The molecule has 0 aliphatic carbocycles. The highest BCUT2D eigenvalue weighted by Gasteiger charge is 2.30. The first-order chi connectivity index (χ1) is 15.7. The Bertz CT molecular complexity index is 1240. The molecular formula is C24H30N6O2S. The molecule has 1 aliphatic heterocycles. The zero-order valence-electron chi connectivity index (χ0n) is 19.5. The van der Waals surface area contributed by atoms with E-state index in [2.05, 4.69) is 24.0 Å². The normalized spacial score (nSPS) is 15.0. The van der Waals surface area contributed by atoms with Gasteiger partial charge < -0.3 is 15.5 Å². The van der Waals surface area contributed by atoms with Crippen molar-refractivity contribution in [3.63, 3.8) is 0 Å². The van der Waals surface area contributed by atoms with E-state index in [0.29, 0.717) is 42.8 Å². The third-order valence-electron chi connectivity index (χ3n) is 6.07. The van der Waals surface area contributed by atoms with E-state index in [9.17, 15) is 8.42 Å². The van der Waals surface area contributed by atoms with Crippen molar-refractivity contribution >= 4 is 33.3 Å². The lowest BCUT2D eigenvalue weighted by atomic mass is 10.2. The lowest BCUT2D eigenvalue weighted by molar-refractivity contribution is 0.382. The Hall–Kier alpha value is -3.17. The monoisotopic (exact) mass is 466 g/mol. The molecule has 2 aromatic carbocycles. The maximum atomic E-state index is 13.0. The van der Waals surface area contributed by atoms with Gasteiger partial charge in [-0.2, -0.15) is 14.3 Å². The van der Waals surface area contributed by atoms with E-state index >= 15 is 0 Å². The first-order valence-electron chi connectivity index (χ1n) is 10.9. The summed E-state index contributed by atoms with van der Waals surface area (Å²) in [6.45, 7) is 7.59. The number of sulfonamides is 1. The van der Waals surface area contributed by atoms with Crippen LogP contribution >= 0.6 is 0 Å². The van der Waals surface area contributed by atoms with Gasteiger partial charge in [0.05, 0.1) is 4.90 Å². The van der Waals surface area contributed by atoms with Gasteiger partial charge in [0, 0.05) is 44.5 Å². The highest BCUT2D eigenvalue weighted by atomic mass is 32.2. The summed E-state index contributed by atoms with van der Waals surface area (Å²) in [5, 5.41) is 0. The molecular weight excluding hydrogens is 436 g/mol. The maximum absolute atomic E-state index is 13.0. The molecule has 8 nitrogen and oxygen atoms in total. The minimum atomic E-state index is -3.53. The van der Waals surface area contributed by atoms with Crippen LogP contribution in [0.3, 0.4) is 0 Å². The van der Waals surface area contributed by atoms with Crippen LogP contribution in [0, 0.1) is 20.8 Å². The summed E-state index contributed by atoms with van der Waals surface area (Å²) in [4.78, 5) is 13.6. The molecule has 0 bridgehead atoms. The summed E-state index contributed by atoms with van der Waals surface area (Å²) in [5.74, 6) is 1.67. The minimum absolute atomic E-state index is 0.319. The third-order valence-corrected chi connectivity index (χ3v) is 7.98. The van der Waals surface area contributed by atoms with Crippen LogP contribution in [0.1, 0.15) is 16.7 Å². The number of hydrogen-bond donors (Lipinski definition) is 1. The Labute approximate surface area is 195 Å². The predicted octanol–water partition coefficient (Wildman–Crippen LogP) is 3.26. The summed E-state index contributed by atoms with van der Waals surface area (Å²) in [6.07, 6.45) is 0. The molecule has 33 heavy (non-hydrogen) atoms. The van der Waals surface area contributed by atoms with Gasteiger partial charge in [-0.3, -0.25) is 0 Å². The van der Waals surface area contributed by atoms with Crippen molar-refractivity contribution in [3.8, 4) is 0 Å². The van der Waals surface area contributed by atoms with E-state index < -0.39 is 10.0 Å². The van der Waals surface area contributed by atoms with E-state index in [1.807, 2.05) is 55.0 Å². The van der Waals surface area contributed by atoms with Crippen LogP contribution in [-0.2, 0) is 10.0 Å². The fraction of sp³-hybridized carbons (Fsp3) is 0.333. The van der Waals surface area contributed by atoms with Gasteiger partial charge in [-0.05, 0) is 45.0 Å². The zero-order chi connectivity index (χ0) is 23.8. The van der Waals surface area contributed by atoms with Crippen molar-refractivity contribution in [2.24, 2.45) is 0 Å². The van der Waals surface area contributed by atoms with E-state index in [1.165, 1.54) is 9.87 Å². The molecule has 0 atom stereocenters. The van der Waals surface area contributed by atoms with Gasteiger partial charge in [-0.25, -0.2) is 8.42 Å². The summed E-state index contributed by atoms with van der Waals surface area (Å²) >= 11 is 0. The van der Waals surface area contributed by atoms with Gasteiger partial charge in [-0.1, -0.05) is 35.4 Å². The molecule has 1 saturated heterocycles. The molecule has 0 radical (unpaired) electrons. The van der Waals surface area contributed by atoms with E-state index in [-0.39, 0.29) is 0 Å². The van der Waals surface area contributed by atoms with Crippen molar-refractivity contribution in [2.45, 2.75) is 25.7 Å². The molecule has 174 valence electrons. The van der Waals surface area contributed by atoms with Crippen LogP contribution in [0.15, 0.2) is 53.4 Å². The van der Waals surface area contributed by atoms with Gasteiger partial charge in [0.2, 0.25) is 16.0 Å². The smallest absolute Gasteiger partial charge is 0.243 e. The highest BCUT2D eigenvalue weighted by molar-refractivity contribution is 7.89.